The molecule has 1 aliphatic carbocycles. The molecule has 1 aromatic carbocycles. The molecule has 0 spiro atoms. The van der Waals surface area contributed by atoms with Gasteiger partial charge in [0.2, 0.25) is 0 Å². The number of carbonyl (C=O) groups is 1. The summed E-state index contributed by atoms with van der Waals surface area (Å²) >= 11 is 3.65. The van der Waals surface area contributed by atoms with Gasteiger partial charge in [0.25, 0.3) is 5.91 Å². The van der Waals surface area contributed by atoms with Gasteiger partial charge < -0.3 is 14.8 Å². The van der Waals surface area contributed by atoms with Crippen LogP contribution >= 0.6 is 15.9 Å². The van der Waals surface area contributed by atoms with Crippen molar-refractivity contribution < 1.29 is 14.3 Å². The van der Waals surface area contributed by atoms with E-state index in [1.165, 1.54) is 6.42 Å². The Bertz CT molecular complexity index is 478. The van der Waals surface area contributed by atoms with Crippen molar-refractivity contribution in [3.63, 3.8) is 0 Å². The lowest BCUT2D eigenvalue weighted by Crippen LogP contribution is -2.42. The molecule has 1 N–H and O–H groups in total. The summed E-state index contributed by atoms with van der Waals surface area (Å²) in [4.78, 5) is 12.8. The minimum absolute atomic E-state index is 0.114. The van der Waals surface area contributed by atoms with Crippen LogP contribution < -0.4 is 14.8 Å². The number of halogens is 1. The number of hydrogen-bond donors (Lipinski definition) is 1. The second-order valence-electron chi connectivity index (χ2n) is 4.95. The van der Waals surface area contributed by atoms with Crippen molar-refractivity contribution in [1.29, 1.82) is 0 Å². The van der Waals surface area contributed by atoms with Gasteiger partial charge in [0.05, 0.1) is 19.8 Å². The van der Waals surface area contributed by atoms with Crippen molar-refractivity contribution in [2.75, 3.05) is 14.2 Å². The fourth-order valence-electron chi connectivity index (χ4n) is 2.49. The van der Waals surface area contributed by atoms with Crippen molar-refractivity contribution >= 4 is 21.8 Å². The molecule has 2 unspecified atom stereocenters. The maximum absolute atomic E-state index is 12.4. The predicted molar refractivity (Wildman–Crippen MR) is 82.0 cm³/mol. The SMILES string of the molecule is COc1ccc(OC)c(C(=O)NC2CCCCC2Br)c1. The zero-order chi connectivity index (χ0) is 14.5. The first kappa shape index (κ1) is 15.2. The maximum Gasteiger partial charge on any atom is 0.255 e. The normalized spacial score (nSPS) is 22.1. The molecular weight excluding hydrogens is 322 g/mol. The van der Waals surface area contributed by atoms with E-state index in [0.29, 0.717) is 21.9 Å². The molecule has 0 heterocycles. The summed E-state index contributed by atoms with van der Waals surface area (Å²) in [5, 5.41) is 3.09. The number of carbonyl (C=O) groups excluding carboxylic acids is 1. The Hall–Kier alpha value is -1.23. The zero-order valence-corrected chi connectivity index (χ0v) is 13.4. The van der Waals surface area contributed by atoms with Crippen molar-refractivity contribution in [3.05, 3.63) is 23.8 Å². The fraction of sp³-hybridized carbons (Fsp3) is 0.533. The van der Waals surface area contributed by atoms with E-state index in [9.17, 15) is 4.79 Å². The summed E-state index contributed by atoms with van der Waals surface area (Å²) in [6, 6.07) is 5.41. The number of ether oxygens (including phenoxy) is 2. The number of rotatable bonds is 4. The number of hydrogen-bond acceptors (Lipinski definition) is 3. The molecular formula is C15H20BrNO3. The Kier molecular flexibility index (Phi) is 5.29. The predicted octanol–water partition coefficient (Wildman–Crippen LogP) is 3.14. The van der Waals surface area contributed by atoms with Gasteiger partial charge in [-0.25, -0.2) is 0 Å². The van der Waals surface area contributed by atoms with Crippen molar-refractivity contribution in [2.24, 2.45) is 0 Å². The van der Waals surface area contributed by atoms with E-state index in [2.05, 4.69) is 21.2 Å². The molecule has 0 aromatic heterocycles. The molecule has 1 amide bonds. The summed E-state index contributed by atoms with van der Waals surface area (Å²) in [6.45, 7) is 0. The van der Waals surface area contributed by atoms with Crippen LogP contribution in [0.4, 0.5) is 0 Å². The first-order valence-corrected chi connectivity index (χ1v) is 7.74. The number of methoxy groups -OCH3 is 2. The number of alkyl halides is 1. The van der Waals surface area contributed by atoms with E-state index in [4.69, 9.17) is 9.47 Å². The van der Waals surface area contributed by atoms with Gasteiger partial charge in [-0.05, 0) is 31.0 Å². The van der Waals surface area contributed by atoms with Crippen molar-refractivity contribution in [1.82, 2.24) is 5.32 Å². The van der Waals surface area contributed by atoms with Gasteiger partial charge in [0.15, 0.2) is 0 Å². The lowest BCUT2D eigenvalue weighted by atomic mass is 9.95. The van der Waals surface area contributed by atoms with Crippen LogP contribution in [0.15, 0.2) is 18.2 Å². The van der Waals surface area contributed by atoms with Crippen LogP contribution in [0.3, 0.4) is 0 Å². The molecule has 1 saturated carbocycles. The summed E-state index contributed by atoms with van der Waals surface area (Å²) in [6.07, 6.45) is 4.47. The average Bonchev–Trinajstić information content (AvgIpc) is 2.48. The molecule has 4 nitrogen and oxygen atoms in total. The molecule has 0 bridgehead atoms. The van der Waals surface area contributed by atoms with Crippen LogP contribution in [-0.2, 0) is 0 Å². The van der Waals surface area contributed by atoms with Gasteiger partial charge in [-0.2, -0.15) is 0 Å². The van der Waals surface area contributed by atoms with E-state index in [-0.39, 0.29) is 11.9 Å². The third-order valence-corrected chi connectivity index (χ3v) is 4.75. The number of benzene rings is 1. The highest BCUT2D eigenvalue weighted by atomic mass is 79.9. The Balaban J connectivity index is 2.15. The third-order valence-electron chi connectivity index (χ3n) is 3.65. The Morgan fingerprint density at radius 2 is 2.00 bits per heavy atom. The van der Waals surface area contributed by atoms with Crippen LogP contribution in [-0.4, -0.2) is 31.0 Å². The van der Waals surface area contributed by atoms with Gasteiger partial charge in [-0.15, -0.1) is 0 Å². The van der Waals surface area contributed by atoms with Crippen LogP contribution in [0.25, 0.3) is 0 Å². The highest BCUT2D eigenvalue weighted by molar-refractivity contribution is 9.09. The standard InChI is InChI=1S/C15H20BrNO3/c1-19-10-7-8-14(20-2)11(9-10)15(18)17-13-6-4-3-5-12(13)16/h7-9,12-13H,3-6H2,1-2H3,(H,17,18). The molecule has 1 aromatic rings. The summed E-state index contributed by atoms with van der Waals surface area (Å²) in [7, 11) is 3.14. The van der Waals surface area contributed by atoms with Crippen LogP contribution in [0, 0.1) is 0 Å². The smallest absolute Gasteiger partial charge is 0.255 e. The molecule has 0 radical (unpaired) electrons. The van der Waals surface area contributed by atoms with Crippen molar-refractivity contribution in [3.8, 4) is 11.5 Å². The Morgan fingerprint density at radius 3 is 2.65 bits per heavy atom. The summed E-state index contributed by atoms with van der Waals surface area (Å²) in [5.74, 6) is 1.09. The van der Waals surface area contributed by atoms with Gasteiger partial charge in [-0.1, -0.05) is 28.8 Å². The summed E-state index contributed by atoms with van der Waals surface area (Å²) < 4.78 is 10.4. The van der Waals surface area contributed by atoms with Crippen LogP contribution in [0.2, 0.25) is 0 Å². The first-order chi connectivity index (χ1) is 9.65. The minimum Gasteiger partial charge on any atom is -0.497 e. The molecule has 0 saturated heterocycles. The van der Waals surface area contributed by atoms with E-state index in [1.54, 1.807) is 32.4 Å². The number of nitrogens with one attached hydrogen (secondary N) is 1. The van der Waals surface area contributed by atoms with E-state index in [1.807, 2.05) is 0 Å². The highest BCUT2D eigenvalue weighted by Crippen LogP contribution is 2.27. The molecule has 0 aliphatic heterocycles. The number of amides is 1. The molecule has 2 rings (SSSR count). The second kappa shape index (κ2) is 6.97. The van der Waals surface area contributed by atoms with Crippen molar-refractivity contribution in [2.45, 2.75) is 36.6 Å². The Labute approximate surface area is 128 Å². The highest BCUT2D eigenvalue weighted by Gasteiger charge is 2.25. The molecule has 1 fully saturated rings. The topological polar surface area (TPSA) is 47.6 Å². The van der Waals surface area contributed by atoms with E-state index in [0.717, 1.165) is 19.3 Å². The lowest BCUT2D eigenvalue weighted by Gasteiger charge is -2.28. The zero-order valence-electron chi connectivity index (χ0n) is 11.8. The van der Waals surface area contributed by atoms with E-state index < -0.39 is 0 Å². The second-order valence-corrected chi connectivity index (χ2v) is 6.12. The summed E-state index contributed by atoms with van der Waals surface area (Å²) in [5.41, 5.74) is 0.511. The molecule has 20 heavy (non-hydrogen) atoms. The van der Waals surface area contributed by atoms with Crippen LogP contribution in [0.5, 0.6) is 11.5 Å². The fourth-order valence-corrected chi connectivity index (χ4v) is 3.21. The molecule has 110 valence electrons. The molecule has 1 aliphatic rings. The van der Waals surface area contributed by atoms with Gasteiger partial charge in [-0.3, -0.25) is 4.79 Å². The minimum atomic E-state index is -0.114. The largest absolute Gasteiger partial charge is 0.497 e. The quantitative estimate of drug-likeness (QED) is 0.856. The Morgan fingerprint density at radius 1 is 1.25 bits per heavy atom. The maximum atomic E-state index is 12.4. The van der Waals surface area contributed by atoms with Gasteiger partial charge >= 0.3 is 0 Å². The van der Waals surface area contributed by atoms with Gasteiger partial charge in [0, 0.05) is 10.9 Å². The average molecular weight is 342 g/mol. The molecule has 2 atom stereocenters. The monoisotopic (exact) mass is 341 g/mol. The van der Waals surface area contributed by atoms with Gasteiger partial charge in [0.1, 0.15) is 11.5 Å². The van der Waals surface area contributed by atoms with Crippen LogP contribution in [0.1, 0.15) is 36.0 Å². The first-order valence-electron chi connectivity index (χ1n) is 6.82. The third kappa shape index (κ3) is 3.45. The lowest BCUT2D eigenvalue weighted by molar-refractivity contribution is 0.0926. The van der Waals surface area contributed by atoms with E-state index >= 15 is 0 Å². The molecule has 5 heteroatoms.